The van der Waals surface area contributed by atoms with Crippen LogP contribution in [0.25, 0.3) is 0 Å². The highest BCUT2D eigenvalue weighted by Gasteiger charge is 2.38. The number of likely N-dealkylation sites (tertiary alicyclic amines) is 1. The Balaban J connectivity index is 1.71. The van der Waals surface area contributed by atoms with E-state index >= 15 is 0 Å². The van der Waals surface area contributed by atoms with Crippen LogP contribution in [-0.2, 0) is 16.6 Å². The minimum Gasteiger partial charge on any atom is -0.342 e. The quantitative estimate of drug-likeness (QED) is 0.775. The number of amides is 2. The fraction of sp³-hybridized carbons (Fsp3) is 0.615. The Labute approximate surface area is 112 Å². The van der Waals surface area contributed by atoms with E-state index in [0.29, 0.717) is 13.0 Å². The van der Waals surface area contributed by atoms with Crippen LogP contribution >= 0.6 is 0 Å². The summed E-state index contributed by atoms with van der Waals surface area (Å²) in [4.78, 5) is 27.9. The Kier molecular flexibility index (Phi) is 3.00. The highest BCUT2D eigenvalue weighted by Crippen LogP contribution is 2.26. The van der Waals surface area contributed by atoms with Crippen molar-refractivity contribution in [3.63, 3.8) is 0 Å². The molecule has 2 amide bonds. The molecule has 0 bridgehead atoms. The van der Waals surface area contributed by atoms with Crippen LogP contribution in [0.5, 0.6) is 0 Å². The Bertz CT molecular complexity index is 504. The zero-order chi connectivity index (χ0) is 13.4. The maximum atomic E-state index is 12.3. The molecule has 2 aliphatic heterocycles. The van der Waals surface area contributed by atoms with E-state index in [1.54, 1.807) is 22.0 Å². The van der Waals surface area contributed by atoms with Gasteiger partial charge in [-0.1, -0.05) is 0 Å². The van der Waals surface area contributed by atoms with Crippen molar-refractivity contribution < 1.29 is 9.59 Å². The van der Waals surface area contributed by atoms with E-state index in [4.69, 9.17) is 0 Å². The van der Waals surface area contributed by atoms with Crippen LogP contribution in [0.15, 0.2) is 12.4 Å². The highest BCUT2D eigenvalue weighted by molar-refractivity contribution is 6.00. The average Bonchev–Trinajstić information content (AvgIpc) is 3.08. The molecule has 2 aliphatic rings. The lowest BCUT2D eigenvalue weighted by Gasteiger charge is -2.19. The molecule has 2 saturated heterocycles. The first-order chi connectivity index (χ1) is 9.15. The van der Waals surface area contributed by atoms with Crippen LogP contribution in [0, 0.1) is 5.92 Å². The molecule has 6 heteroatoms. The first-order valence-electron chi connectivity index (χ1n) is 6.73. The van der Waals surface area contributed by atoms with Crippen LogP contribution in [-0.4, -0.2) is 46.1 Å². The molecule has 2 fully saturated rings. The summed E-state index contributed by atoms with van der Waals surface area (Å²) in [5.74, 6) is -0.0337. The van der Waals surface area contributed by atoms with E-state index in [9.17, 15) is 9.59 Å². The molecule has 0 saturated carbocycles. The van der Waals surface area contributed by atoms with Gasteiger partial charge in [0.15, 0.2) is 0 Å². The number of aryl methyl sites for hydroxylation is 1. The minimum atomic E-state index is -0.189. The number of aromatic nitrogens is 2. The zero-order valence-electron chi connectivity index (χ0n) is 11.1. The van der Waals surface area contributed by atoms with Crippen LogP contribution in [0.1, 0.15) is 19.3 Å². The predicted octanol–water partition coefficient (Wildman–Crippen LogP) is 0.395. The Morgan fingerprint density at radius 1 is 1.37 bits per heavy atom. The highest BCUT2D eigenvalue weighted by atomic mass is 16.2. The van der Waals surface area contributed by atoms with Crippen LogP contribution in [0.2, 0.25) is 0 Å². The molecule has 0 aliphatic carbocycles. The Hall–Kier alpha value is -1.85. The molecule has 3 rings (SSSR count). The van der Waals surface area contributed by atoms with E-state index in [1.807, 2.05) is 11.9 Å². The number of anilines is 1. The maximum absolute atomic E-state index is 12.3. The predicted molar refractivity (Wildman–Crippen MR) is 69.5 cm³/mol. The number of hydrogen-bond acceptors (Lipinski definition) is 3. The van der Waals surface area contributed by atoms with Gasteiger partial charge in [0, 0.05) is 39.3 Å². The first-order valence-corrected chi connectivity index (χ1v) is 6.73. The molecule has 0 unspecified atom stereocenters. The van der Waals surface area contributed by atoms with Crippen molar-refractivity contribution in [2.75, 3.05) is 24.5 Å². The lowest BCUT2D eigenvalue weighted by atomic mass is 10.1. The van der Waals surface area contributed by atoms with Gasteiger partial charge in [0.2, 0.25) is 11.8 Å². The minimum absolute atomic E-state index is 0.0190. The fourth-order valence-corrected chi connectivity index (χ4v) is 2.87. The number of hydrogen-bond donors (Lipinski definition) is 0. The number of rotatable bonds is 2. The standard InChI is InChI=1S/C13H18N4O2/c1-15-9-11(7-14-15)17-8-10(6-12(17)18)13(19)16-4-2-3-5-16/h7,9-10H,2-6,8H2,1H3/t10-/m0/s1. The van der Waals surface area contributed by atoms with Crippen LogP contribution in [0.3, 0.4) is 0 Å². The van der Waals surface area contributed by atoms with Crippen molar-refractivity contribution in [1.82, 2.24) is 14.7 Å². The summed E-state index contributed by atoms with van der Waals surface area (Å²) < 4.78 is 1.66. The van der Waals surface area contributed by atoms with Gasteiger partial charge in [0.1, 0.15) is 0 Å². The van der Waals surface area contributed by atoms with E-state index < -0.39 is 0 Å². The monoisotopic (exact) mass is 262 g/mol. The smallest absolute Gasteiger partial charge is 0.228 e. The van der Waals surface area contributed by atoms with Crippen LogP contribution < -0.4 is 4.90 Å². The molecule has 0 radical (unpaired) electrons. The van der Waals surface area contributed by atoms with Gasteiger partial charge in [-0.2, -0.15) is 5.10 Å². The van der Waals surface area contributed by atoms with E-state index in [0.717, 1.165) is 31.6 Å². The second-order valence-electron chi connectivity index (χ2n) is 5.31. The lowest BCUT2D eigenvalue weighted by molar-refractivity contribution is -0.134. The summed E-state index contributed by atoms with van der Waals surface area (Å²) in [7, 11) is 1.82. The molecule has 19 heavy (non-hydrogen) atoms. The lowest BCUT2D eigenvalue weighted by Crippen LogP contribution is -2.35. The third kappa shape index (κ3) is 2.22. The molecular weight excluding hydrogens is 244 g/mol. The fourth-order valence-electron chi connectivity index (χ4n) is 2.87. The molecule has 0 N–H and O–H groups in total. The number of carbonyl (C=O) groups excluding carboxylic acids is 2. The summed E-state index contributed by atoms with van der Waals surface area (Å²) in [5, 5.41) is 4.07. The zero-order valence-corrected chi connectivity index (χ0v) is 11.1. The van der Waals surface area contributed by atoms with Gasteiger partial charge < -0.3 is 9.80 Å². The molecule has 1 aromatic heterocycles. The van der Waals surface area contributed by atoms with Crippen molar-refractivity contribution in [2.24, 2.45) is 13.0 Å². The van der Waals surface area contributed by atoms with Gasteiger partial charge in [-0.05, 0) is 12.8 Å². The van der Waals surface area contributed by atoms with E-state index in [-0.39, 0.29) is 17.7 Å². The Morgan fingerprint density at radius 3 is 2.74 bits per heavy atom. The molecule has 102 valence electrons. The van der Waals surface area contributed by atoms with Crippen molar-refractivity contribution >= 4 is 17.5 Å². The summed E-state index contributed by atoms with van der Waals surface area (Å²) in [5.41, 5.74) is 0.782. The van der Waals surface area contributed by atoms with E-state index in [2.05, 4.69) is 5.10 Å². The second-order valence-corrected chi connectivity index (χ2v) is 5.31. The molecule has 0 aromatic carbocycles. The molecular formula is C13H18N4O2. The summed E-state index contributed by atoms with van der Waals surface area (Å²) in [6.07, 6.45) is 5.96. The van der Waals surface area contributed by atoms with Gasteiger partial charge in [0.05, 0.1) is 17.8 Å². The molecule has 1 atom stereocenters. The van der Waals surface area contributed by atoms with Gasteiger partial charge in [-0.15, -0.1) is 0 Å². The third-order valence-corrected chi connectivity index (χ3v) is 3.89. The number of nitrogens with zero attached hydrogens (tertiary/aromatic N) is 4. The van der Waals surface area contributed by atoms with Gasteiger partial charge in [-0.25, -0.2) is 0 Å². The number of carbonyl (C=O) groups is 2. The topological polar surface area (TPSA) is 58.4 Å². The SMILES string of the molecule is Cn1cc(N2C[C@@H](C(=O)N3CCCC3)CC2=O)cn1. The third-order valence-electron chi connectivity index (χ3n) is 3.89. The molecule has 0 spiro atoms. The largest absolute Gasteiger partial charge is 0.342 e. The van der Waals surface area contributed by atoms with Crippen molar-refractivity contribution in [3.8, 4) is 0 Å². The maximum Gasteiger partial charge on any atom is 0.228 e. The van der Waals surface area contributed by atoms with Gasteiger partial charge in [-0.3, -0.25) is 14.3 Å². The first kappa shape index (κ1) is 12.2. The van der Waals surface area contributed by atoms with Crippen molar-refractivity contribution in [1.29, 1.82) is 0 Å². The van der Waals surface area contributed by atoms with Crippen LogP contribution in [0.4, 0.5) is 5.69 Å². The summed E-state index contributed by atoms with van der Waals surface area (Å²) >= 11 is 0. The molecule has 6 nitrogen and oxygen atoms in total. The van der Waals surface area contributed by atoms with Gasteiger partial charge in [0.25, 0.3) is 0 Å². The van der Waals surface area contributed by atoms with Crippen molar-refractivity contribution in [2.45, 2.75) is 19.3 Å². The average molecular weight is 262 g/mol. The normalized spacial score (nSPS) is 23.4. The summed E-state index contributed by atoms with van der Waals surface area (Å²) in [6.45, 7) is 2.17. The Morgan fingerprint density at radius 2 is 2.11 bits per heavy atom. The second kappa shape index (κ2) is 4.68. The molecule has 1 aromatic rings. The van der Waals surface area contributed by atoms with Gasteiger partial charge >= 0.3 is 0 Å². The van der Waals surface area contributed by atoms with Crippen molar-refractivity contribution in [3.05, 3.63) is 12.4 Å². The summed E-state index contributed by atoms with van der Waals surface area (Å²) in [6, 6.07) is 0. The molecule has 3 heterocycles. The van der Waals surface area contributed by atoms with E-state index in [1.165, 1.54) is 0 Å².